The Morgan fingerprint density at radius 3 is 2.47 bits per heavy atom. The second kappa shape index (κ2) is 12.9. The summed E-state index contributed by atoms with van der Waals surface area (Å²) in [5.41, 5.74) is 9.20. The van der Waals surface area contributed by atoms with Crippen LogP contribution in [0.25, 0.3) is 5.73 Å². The van der Waals surface area contributed by atoms with Gasteiger partial charge in [-0.1, -0.05) is 32.0 Å². The molecule has 1 saturated heterocycles. The van der Waals surface area contributed by atoms with Gasteiger partial charge in [-0.15, -0.1) is 5.69 Å². The molecule has 0 saturated carbocycles. The third-order valence-electron chi connectivity index (χ3n) is 4.89. The summed E-state index contributed by atoms with van der Waals surface area (Å²) in [6, 6.07) is 6.58. The standard InChI is InChI=1S/C21H31N4O4.U/c1-14(2)13-29-21(28)24-19(15(3)26)12-23-20(27)16-7-9-25(10-8-16)18-6-4-5-17(22)11-18;/h4-6,11,14,16,19,22H,7-10,12-13H2,1-3H3,(H,23,27)(H,24,28);/q-1;/t19-;/m0./s1. The number of rotatable bonds is 8. The van der Waals surface area contributed by atoms with E-state index < -0.39 is 12.1 Å². The molecular weight excluding hydrogens is 610 g/mol. The molecule has 0 unspecified atom stereocenters. The molecule has 164 valence electrons. The van der Waals surface area contributed by atoms with Crippen LogP contribution in [0.3, 0.4) is 0 Å². The Balaban J connectivity index is 0.00000450. The minimum absolute atomic E-state index is 0. The second-order valence-corrected chi connectivity index (χ2v) is 7.86. The van der Waals surface area contributed by atoms with E-state index in [4.69, 9.17) is 10.5 Å². The molecule has 2 rings (SSSR count). The van der Waals surface area contributed by atoms with Crippen molar-refractivity contribution < 1.29 is 50.2 Å². The van der Waals surface area contributed by atoms with Gasteiger partial charge in [0, 0.05) is 62.4 Å². The monoisotopic (exact) mass is 641 g/mol. The predicted molar refractivity (Wildman–Crippen MR) is 112 cm³/mol. The maximum absolute atomic E-state index is 12.5. The fraction of sp³-hybridized carbons (Fsp3) is 0.571. The SMILES string of the molecule is CC(=O)[C@H](CNC(=O)C1CCN(c2cccc([NH-])c2)CC1)NC(=O)OCC(C)C.[U]. The first-order valence-corrected chi connectivity index (χ1v) is 10.0. The van der Waals surface area contributed by atoms with E-state index in [-0.39, 0.29) is 67.8 Å². The number of anilines is 1. The number of ether oxygens (including phenoxy) is 1. The Labute approximate surface area is 202 Å². The number of ketones is 1. The quantitative estimate of drug-likeness (QED) is 0.454. The van der Waals surface area contributed by atoms with E-state index in [1.165, 1.54) is 6.92 Å². The number of benzene rings is 1. The van der Waals surface area contributed by atoms with Gasteiger partial charge in [0.1, 0.15) is 6.04 Å². The van der Waals surface area contributed by atoms with Crippen LogP contribution in [0.15, 0.2) is 24.3 Å². The molecule has 2 amide bonds. The third kappa shape index (κ3) is 8.57. The van der Waals surface area contributed by atoms with Crippen LogP contribution in [-0.2, 0) is 14.3 Å². The van der Waals surface area contributed by atoms with Crippen molar-refractivity contribution >= 4 is 29.2 Å². The molecule has 30 heavy (non-hydrogen) atoms. The topological polar surface area (TPSA) is 112 Å². The Hall–Kier alpha value is -1.72. The number of carbonyl (C=O) groups is 3. The van der Waals surface area contributed by atoms with E-state index in [0.29, 0.717) is 18.5 Å². The van der Waals surface area contributed by atoms with Gasteiger partial charge in [-0.2, -0.15) is 0 Å². The van der Waals surface area contributed by atoms with E-state index in [1.54, 1.807) is 6.07 Å². The molecule has 1 heterocycles. The van der Waals surface area contributed by atoms with Gasteiger partial charge in [-0.25, -0.2) is 4.79 Å². The van der Waals surface area contributed by atoms with Crippen molar-refractivity contribution in [3.63, 3.8) is 0 Å². The maximum Gasteiger partial charge on any atom is 0.407 e. The van der Waals surface area contributed by atoms with Gasteiger partial charge < -0.3 is 26.0 Å². The summed E-state index contributed by atoms with van der Waals surface area (Å²) in [5.74, 6) is -0.281. The Kier molecular flexibility index (Phi) is 11.3. The van der Waals surface area contributed by atoms with E-state index in [0.717, 1.165) is 18.8 Å². The summed E-state index contributed by atoms with van der Waals surface area (Å²) < 4.78 is 5.04. The Morgan fingerprint density at radius 2 is 1.90 bits per heavy atom. The van der Waals surface area contributed by atoms with Gasteiger partial charge >= 0.3 is 6.09 Å². The molecule has 0 aliphatic carbocycles. The molecular formula is C21H31N4O4U-. The molecule has 0 radical (unpaired) electrons. The molecule has 1 aliphatic heterocycles. The number of alkyl carbamates (subject to hydrolysis) is 1. The van der Waals surface area contributed by atoms with Crippen molar-refractivity contribution in [2.75, 3.05) is 31.1 Å². The van der Waals surface area contributed by atoms with Gasteiger partial charge in [0.05, 0.1) is 6.61 Å². The summed E-state index contributed by atoms with van der Waals surface area (Å²) >= 11 is 0. The van der Waals surface area contributed by atoms with Gasteiger partial charge in [-0.3, -0.25) is 9.59 Å². The number of amides is 2. The van der Waals surface area contributed by atoms with Crippen LogP contribution in [0, 0.1) is 42.9 Å². The summed E-state index contributed by atoms with van der Waals surface area (Å²) in [6.07, 6.45) is 0.740. The minimum Gasteiger partial charge on any atom is -0.699 e. The molecule has 1 aliphatic rings. The van der Waals surface area contributed by atoms with Crippen molar-refractivity contribution in [3.05, 3.63) is 30.0 Å². The van der Waals surface area contributed by atoms with E-state index in [1.807, 2.05) is 32.0 Å². The number of nitrogens with zero attached hydrogens (tertiary/aromatic N) is 1. The van der Waals surface area contributed by atoms with Crippen LogP contribution in [0.4, 0.5) is 16.2 Å². The van der Waals surface area contributed by atoms with Crippen LogP contribution < -0.4 is 15.5 Å². The minimum atomic E-state index is -0.807. The predicted octanol–water partition coefficient (Wildman–Crippen LogP) is 3.04. The molecule has 9 heteroatoms. The average molecular weight is 642 g/mol. The molecule has 0 bridgehead atoms. The van der Waals surface area contributed by atoms with Crippen LogP contribution in [0.2, 0.25) is 0 Å². The second-order valence-electron chi connectivity index (χ2n) is 7.86. The van der Waals surface area contributed by atoms with E-state index in [9.17, 15) is 14.4 Å². The summed E-state index contributed by atoms with van der Waals surface area (Å²) in [4.78, 5) is 38.3. The summed E-state index contributed by atoms with van der Waals surface area (Å²) in [5, 5.41) is 5.30. The van der Waals surface area contributed by atoms with Crippen LogP contribution in [-0.4, -0.2) is 50.1 Å². The molecule has 0 aromatic heterocycles. The van der Waals surface area contributed by atoms with Crippen molar-refractivity contribution in [2.45, 2.75) is 39.7 Å². The number of piperidine rings is 1. The van der Waals surface area contributed by atoms with Gasteiger partial charge in [0.2, 0.25) is 5.91 Å². The molecule has 1 fully saturated rings. The van der Waals surface area contributed by atoms with E-state index >= 15 is 0 Å². The van der Waals surface area contributed by atoms with Crippen LogP contribution in [0.1, 0.15) is 33.6 Å². The fourth-order valence-corrected chi connectivity index (χ4v) is 3.17. The third-order valence-corrected chi connectivity index (χ3v) is 4.89. The first-order valence-electron chi connectivity index (χ1n) is 10.0. The van der Waals surface area contributed by atoms with Crippen LogP contribution in [0.5, 0.6) is 0 Å². The number of nitrogens with one attached hydrogen (secondary N) is 3. The van der Waals surface area contributed by atoms with Crippen molar-refractivity contribution in [3.8, 4) is 0 Å². The largest absolute Gasteiger partial charge is 0.699 e. The zero-order chi connectivity index (χ0) is 21.4. The summed E-state index contributed by atoms with van der Waals surface area (Å²) in [7, 11) is 0. The molecule has 1 atom stereocenters. The van der Waals surface area contributed by atoms with Gasteiger partial charge in [0.25, 0.3) is 0 Å². The first-order chi connectivity index (χ1) is 13.8. The normalized spacial score (nSPS) is 15.1. The number of Topliss-reactive ketones (excluding diaryl/α,β-unsaturated/α-hetero) is 1. The van der Waals surface area contributed by atoms with Gasteiger partial charge in [0.15, 0.2) is 5.78 Å². The fourth-order valence-electron chi connectivity index (χ4n) is 3.17. The molecule has 1 aromatic rings. The number of carbonyl (C=O) groups excluding carboxylic acids is 3. The maximum atomic E-state index is 12.5. The molecule has 8 nitrogen and oxygen atoms in total. The molecule has 0 spiro atoms. The molecule has 1 aromatic carbocycles. The summed E-state index contributed by atoms with van der Waals surface area (Å²) in [6.45, 7) is 7.00. The van der Waals surface area contributed by atoms with Crippen LogP contribution >= 0.6 is 0 Å². The number of hydrogen-bond donors (Lipinski definition) is 2. The van der Waals surface area contributed by atoms with Crippen molar-refractivity contribution in [2.24, 2.45) is 11.8 Å². The van der Waals surface area contributed by atoms with Crippen molar-refractivity contribution in [1.82, 2.24) is 10.6 Å². The zero-order valence-corrected chi connectivity index (χ0v) is 22.0. The first kappa shape index (κ1) is 26.3. The number of hydrogen-bond acceptors (Lipinski definition) is 5. The zero-order valence-electron chi connectivity index (χ0n) is 17.9. The smallest absolute Gasteiger partial charge is 0.407 e. The molecule has 3 N–H and O–H groups in total. The average Bonchev–Trinajstić information content (AvgIpc) is 2.69. The Morgan fingerprint density at radius 1 is 1.23 bits per heavy atom. The Bertz CT molecular complexity index is 721. The van der Waals surface area contributed by atoms with E-state index in [2.05, 4.69) is 15.5 Å². The van der Waals surface area contributed by atoms with Gasteiger partial charge in [-0.05, 0) is 31.7 Å². The van der Waals surface area contributed by atoms with Crippen molar-refractivity contribution in [1.29, 1.82) is 0 Å².